The lowest BCUT2D eigenvalue weighted by molar-refractivity contribution is -0.132. The van der Waals surface area contributed by atoms with E-state index in [0.717, 1.165) is 13.1 Å². The summed E-state index contributed by atoms with van der Waals surface area (Å²) in [6.07, 6.45) is 6.21. The van der Waals surface area contributed by atoms with Crippen LogP contribution in [0.1, 0.15) is 36.3 Å². The van der Waals surface area contributed by atoms with Gasteiger partial charge < -0.3 is 30.3 Å². The first-order valence-electron chi connectivity index (χ1n) is 11.4. The molecular weight excluding hydrogens is 453 g/mol. The van der Waals surface area contributed by atoms with Crippen LogP contribution in [0.2, 0.25) is 0 Å². The van der Waals surface area contributed by atoms with Gasteiger partial charge in [-0.2, -0.15) is 0 Å². The number of morpholine rings is 1. The Balaban J connectivity index is 0.000000286. The molecule has 0 saturated carbocycles. The summed E-state index contributed by atoms with van der Waals surface area (Å²) in [7, 11) is -1.62. The molecular formula is C23H34BN5O6. The van der Waals surface area contributed by atoms with Gasteiger partial charge in [0.15, 0.2) is 0 Å². The van der Waals surface area contributed by atoms with Crippen molar-refractivity contribution in [2.24, 2.45) is 0 Å². The number of amides is 3. The molecule has 3 rings (SSSR count). The van der Waals surface area contributed by atoms with E-state index in [1.165, 1.54) is 37.0 Å². The highest BCUT2D eigenvalue weighted by Gasteiger charge is 2.12. The van der Waals surface area contributed by atoms with Crippen LogP contribution in [0.4, 0.5) is 0 Å². The van der Waals surface area contributed by atoms with Crippen LogP contribution in [-0.4, -0.2) is 89.0 Å². The number of nitrogens with zero attached hydrogens (tertiary/aromatic N) is 3. The smallest absolute Gasteiger partial charge is 0.426 e. The van der Waals surface area contributed by atoms with E-state index in [9.17, 15) is 14.4 Å². The Morgan fingerprint density at radius 1 is 1.09 bits per heavy atom. The Labute approximate surface area is 206 Å². The van der Waals surface area contributed by atoms with Crippen molar-refractivity contribution in [2.75, 3.05) is 39.3 Å². The largest absolute Gasteiger partial charge is 0.472 e. The molecule has 1 aromatic heterocycles. The molecule has 1 aromatic carbocycles. The number of carbonyl (C=O) groups excluding carboxylic acids is 3. The Morgan fingerprint density at radius 2 is 1.77 bits per heavy atom. The summed E-state index contributed by atoms with van der Waals surface area (Å²) < 4.78 is 5.06. The molecule has 12 heteroatoms. The predicted molar refractivity (Wildman–Crippen MR) is 131 cm³/mol. The van der Waals surface area contributed by atoms with Gasteiger partial charge in [0, 0.05) is 32.4 Å². The maximum atomic E-state index is 11.4. The van der Waals surface area contributed by atoms with Crippen LogP contribution in [0.15, 0.2) is 48.9 Å². The zero-order valence-electron chi connectivity index (χ0n) is 20.2. The number of aromatic nitrogens is 2. The van der Waals surface area contributed by atoms with Gasteiger partial charge in [-0.05, 0) is 12.0 Å². The van der Waals surface area contributed by atoms with E-state index in [1.807, 2.05) is 0 Å². The molecule has 3 amide bonds. The van der Waals surface area contributed by atoms with Crippen molar-refractivity contribution in [3.05, 3.63) is 60.2 Å². The van der Waals surface area contributed by atoms with E-state index in [0.29, 0.717) is 13.2 Å². The molecule has 0 aliphatic carbocycles. The molecule has 1 aliphatic heterocycles. The van der Waals surface area contributed by atoms with Crippen molar-refractivity contribution in [3.63, 3.8) is 0 Å². The second-order valence-electron chi connectivity index (χ2n) is 7.41. The van der Waals surface area contributed by atoms with Crippen molar-refractivity contribution in [1.82, 2.24) is 25.5 Å². The molecule has 11 nitrogen and oxygen atoms in total. The van der Waals surface area contributed by atoms with Gasteiger partial charge in [0.05, 0.1) is 32.4 Å². The van der Waals surface area contributed by atoms with Crippen LogP contribution >= 0.6 is 0 Å². The number of hydrogen-bond donors (Lipinski definition) is 4. The van der Waals surface area contributed by atoms with Crippen LogP contribution in [0.5, 0.6) is 0 Å². The van der Waals surface area contributed by atoms with Crippen LogP contribution in [0.3, 0.4) is 0 Å². The molecule has 190 valence electrons. The minimum absolute atomic E-state index is 0.0995. The van der Waals surface area contributed by atoms with E-state index in [4.69, 9.17) is 14.8 Å². The van der Waals surface area contributed by atoms with Gasteiger partial charge in [0.2, 0.25) is 11.8 Å². The van der Waals surface area contributed by atoms with E-state index in [1.54, 1.807) is 11.8 Å². The first kappa shape index (κ1) is 29.7. The molecule has 0 spiro atoms. The van der Waals surface area contributed by atoms with Gasteiger partial charge in [0.1, 0.15) is 5.69 Å². The highest BCUT2D eigenvalue weighted by atomic mass is 16.5. The van der Waals surface area contributed by atoms with E-state index >= 15 is 0 Å². The molecule has 35 heavy (non-hydrogen) atoms. The number of aryl methyl sites for hydroxylation is 1. The van der Waals surface area contributed by atoms with E-state index in [2.05, 4.69) is 57.9 Å². The predicted octanol–water partition coefficient (Wildman–Crippen LogP) is -0.161. The molecule has 2 aromatic rings. The van der Waals surface area contributed by atoms with Crippen LogP contribution in [0, 0.1) is 0 Å². The van der Waals surface area contributed by atoms with Gasteiger partial charge in [-0.25, -0.2) is 4.98 Å². The summed E-state index contributed by atoms with van der Waals surface area (Å²) in [5.74, 6) is -0.911. The first-order valence-corrected chi connectivity index (χ1v) is 11.4. The molecule has 1 saturated heterocycles. The summed E-state index contributed by atoms with van der Waals surface area (Å²) in [6, 6.07) is 10.6. The highest BCUT2D eigenvalue weighted by molar-refractivity contribution is 6.41. The van der Waals surface area contributed by atoms with Crippen LogP contribution in [0.25, 0.3) is 0 Å². The van der Waals surface area contributed by atoms with Gasteiger partial charge in [-0.3, -0.25) is 19.4 Å². The minimum Gasteiger partial charge on any atom is -0.426 e. The fraction of sp³-hybridized carbons (Fsp3) is 0.435. The lowest BCUT2D eigenvalue weighted by Crippen LogP contribution is -2.41. The van der Waals surface area contributed by atoms with Crippen molar-refractivity contribution >= 4 is 24.8 Å². The zero-order valence-corrected chi connectivity index (χ0v) is 20.2. The molecule has 1 aliphatic rings. The summed E-state index contributed by atoms with van der Waals surface area (Å²) in [5.41, 5.74) is 1.54. The Morgan fingerprint density at radius 3 is 2.29 bits per heavy atom. The van der Waals surface area contributed by atoms with Gasteiger partial charge in [-0.15, -0.1) is 0 Å². The number of carbonyl (C=O) groups is 3. The van der Waals surface area contributed by atoms with Crippen molar-refractivity contribution in [3.8, 4) is 0 Å². The highest BCUT2D eigenvalue weighted by Crippen LogP contribution is 2.00. The third-order valence-corrected chi connectivity index (χ3v) is 4.53. The molecule has 0 bridgehead atoms. The normalized spacial score (nSPS) is 12.2. The van der Waals surface area contributed by atoms with Gasteiger partial charge in [-0.1, -0.05) is 43.7 Å². The van der Waals surface area contributed by atoms with Gasteiger partial charge in [0.25, 0.3) is 5.91 Å². The fourth-order valence-corrected chi connectivity index (χ4v) is 2.75. The van der Waals surface area contributed by atoms with E-state index in [-0.39, 0.29) is 24.6 Å². The maximum absolute atomic E-state index is 11.4. The standard InChI is InChI=1S/C9H12.C8H11BN4O4.C6H11NO2/c1-2-6-9-7-4-3-5-8-9;14-7(13-5-9(16)17)4-12-8(15)6-3-10-1-2-11-6;1-6(8)7-2-4-9-5-3-7/h3-5,7-8H,2,6H2,1H3;1-3,16-17H,4-5H2,(H,12,15)(H,13,14);2-5H2,1H3. The average molecular weight is 487 g/mol. The maximum Gasteiger partial charge on any atom is 0.472 e. The lowest BCUT2D eigenvalue weighted by Gasteiger charge is -2.25. The van der Waals surface area contributed by atoms with Crippen LogP contribution in [-0.2, 0) is 20.7 Å². The van der Waals surface area contributed by atoms with E-state index < -0.39 is 18.9 Å². The lowest BCUT2D eigenvalue weighted by atomic mass is 9.93. The number of benzene rings is 1. The quantitative estimate of drug-likeness (QED) is 0.393. The molecule has 0 unspecified atom stereocenters. The molecule has 0 atom stereocenters. The Hall–Kier alpha value is -3.35. The Bertz CT molecular complexity index is 867. The van der Waals surface area contributed by atoms with Crippen molar-refractivity contribution < 1.29 is 29.2 Å². The van der Waals surface area contributed by atoms with Crippen LogP contribution < -0.4 is 10.6 Å². The summed E-state index contributed by atoms with van der Waals surface area (Å²) in [4.78, 5) is 42.4. The number of hydrogen-bond acceptors (Lipinski definition) is 8. The Kier molecular flexibility index (Phi) is 15.3. The SMILES string of the molecule is CC(=O)N1CCOCC1.CCCc1ccccc1.O=C(CNC(=O)c1cnccn1)NCB(O)O. The second-order valence-corrected chi connectivity index (χ2v) is 7.41. The topological polar surface area (TPSA) is 154 Å². The second kappa shape index (κ2) is 18.0. The third kappa shape index (κ3) is 14.5. The van der Waals surface area contributed by atoms with Crippen molar-refractivity contribution in [1.29, 1.82) is 0 Å². The molecule has 4 N–H and O–H groups in total. The minimum atomic E-state index is -1.62. The first-order chi connectivity index (χ1) is 16.8. The number of rotatable bonds is 7. The third-order valence-electron chi connectivity index (χ3n) is 4.53. The molecule has 0 radical (unpaired) electrons. The van der Waals surface area contributed by atoms with Gasteiger partial charge >= 0.3 is 7.12 Å². The summed E-state index contributed by atoms with van der Waals surface area (Å²) in [5, 5.41) is 21.5. The average Bonchev–Trinajstić information content (AvgIpc) is 2.88. The fourth-order valence-electron chi connectivity index (χ4n) is 2.75. The van der Waals surface area contributed by atoms with Crippen molar-refractivity contribution in [2.45, 2.75) is 26.7 Å². The summed E-state index contributed by atoms with van der Waals surface area (Å²) >= 11 is 0. The summed E-state index contributed by atoms with van der Waals surface area (Å²) in [6.45, 7) is 6.42. The monoisotopic (exact) mass is 487 g/mol. The number of ether oxygens (including phenoxy) is 1. The molecule has 2 heterocycles. The molecule has 1 fully saturated rings. The zero-order chi connectivity index (χ0) is 25.9. The number of nitrogens with one attached hydrogen (secondary N) is 2.